The van der Waals surface area contributed by atoms with Crippen LogP contribution < -0.4 is 20.1 Å². The highest BCUT2D eigenvalue weighted by molar-refractivity contribution is 14.0. The van der Waals surface area contributed by atoms with Crippen molar-refractivity contribution in [2.24, 2.45) is 4.99 Å². The number of guanidine groups is 1. The predicted molar refractivity (Wildman–Crippen MR) is 135 cm³/mol. The van der Waals surface area contributed by atoms with Gasteiger partial charge < -0.3 is 24.6 Å². The molecule has 0 atom stereocenters. The first-order valence-corrected chi connectivity index (χ1v) is 10.3. The van der Waals surface area contributed by atoms with Gasteiger partial charge in [-0.15, -0.1) is 24.0 Å². The van der Waals surface area contributed by atoms with Gasteiger partial charge in [-0.25, -0.2) is 4.98 Å². The fraction of sp³-hybridized carbons (Fsp3) is 0.348. The minimum atomic E-state index is 0. The van der Waals surface area contributed by atoms with Crippen LogP contribution in [0, 0.1) is 0 Å². The lowest BCUT2D eigenvalue weighted by molar-refractivity contribution is 0.212. The average Bonchev–Trinajstić information content (AvgIpc) is 3.28. The summed E-state index contributed by atoms with van der Waals surface area (Å²) in [6.07, 6.45) is 1.78. The molecule has 0 spiro atoms. The molecule has 9 heteroatoms. The molecule has 8 nitrogen and oxygen atoms in total. The average molecular weight is 551 g/mol. The number of nitrogens with zero attached hydrogens (tertiary/aromatic N) is 3. The molecule has 0 unspecified atom stereocenters. The Bertz CT molecular complexity index is 946. The van der Waals surface area contributed by atoms with E-state index in [0.29, 0.717) is 44.1 Å². The molecule has 2 heterocycles. The van der Waals surface area contributed by atoms with E-state index in [1.165, 1.54) is 0 Å². The summed E-state index contributed by atoms with van der Waals surface area (Å²) in [4.78, 5) is 8.56. The van der Waals surface area contributed by atoms with Crippen LogP contribution >= 0.6 is 24.0 Å². The molecule has 3 rings (SSSR count). The maximum Gasteiger partial charge on any atom is 0.213 e. The van der Waals surface area contributed by atoms with Gasteiger partial charge in [0, 0.05) is 31.9 Å². The zero-order chi connectivity index (χ0) is 21.9. The Hall–Kier alpha value is -2.82. The highest BCUT2D eigenvalue weighted by Gasteiger charge is 2.08. The van der Waals surface area contributed by atoms with Gasteiger partial charge in [0.2, 0.25) is 5.88 Å². The van der Waals surface area contributed by atoms with Crippen LogP contribution in [0.4, 0.5) is 0 Å². The number of rotatable bonds is 10. The van der Waals surface area contributed by atoms with E-state index in [4.69, 9.17) is 14.0 Å². The number of para-hydroxylation sites is 1. The SMILES string of the molecule is CN=C(NCc1ccc(OCCOc2ccccc2)nc1)NCc1cc(C(C)C)no1.I. The van der Waals surface area contributed by atoms with E-state index in [-0.39, 0.29) is 24.0 Å². The van der Waals surface area contributed by atoms with Crippen molar-refractivity contribution >= 4 is 29.9 Å². The number of nitrogens with one attached hydrogen (secondary N) is 2. The summed E-state index contributed by atoms with van der Waals surface area (Å²) in [6.45, 7) is 6.14. The van der Waals surface area contributed by atoms with Gasteiger partial charge in [-0.2, -0.15) is 0 Å². The third-order valence-corrected chi connectivity index (χ3v) is 4.43. The van der Waals surface area contributed by atoms with Crippen molar-refractivity contribution in [3.63, 3.8) is 0 Å². The Morgan fingerprint density at radius 3 is 2.44 bits per heavy atom. The van der Waals surface area contributed by atoms with E-state index in [9.17, 15) is 0 Å². The van der Waals surface area contributed by atoms with Crippen LogP contribution in [0.15, 0.2) is 64.2 Å². The topological polar surface area (TPSA) is 93.8 Å². The van der Waals surface area contributed by atoms with Crippen LogP contribution in [0.1, 0.15) is 36.8 Å². The lowest BCUT2D eigenvalue weighted by Crippen LogP contribution is -2.36. The molecule has 0 saturated heterocycles. The van der Waals surface area contributed by atoms with Gasteiger partial charge in [-0.1, -0.05) is 43.3 Å². The molecule has 2 aromatic heterocycles. The van der Waals surface area contributed by atoms with Crippen molar-refractivity contribution in [3.05, 3.63) is 71.7 Å². The van der Waals surface area contributed by atoms with E-state index in [2.05, 4.69) is 39.6 Å². The molecule has 32 heavy (non-hydrogen) atoms. The second-order valence-electron chi connectivity index (χ2n) is 7.17. The Balaban J connectivity index is 0.00000363. The number of pyridine rings is 1. The van der Waals surface area contributed by atoms with Crippen LogP contribution in [0.5, 0.6) is 11.6 Å². The van der Waals surface area contributed by atoms with Crippen molar-refractivity contribution in [3.8, 4) is 11.6 Å². The summed E-state index contributed by atoms with van der Waals surface area (Å²) < 4.78 is 16.6. The third-order valence-electron chi connectivity index (χ3n) is 4.43. The molecule has 0 aliphatic rings. The summed E-state index contributed by atoms with van der Waals surface area (Å²) >= 11 is 0. The molecule has 2 N–H and O–H groups in total. The van der Waals surface area contributed by atoms with E-state index in [1.54, 1.807) is 13.2 Å². The maximum absolute atomic E-state index is 5.63. The zero-order valence-electron chi connectivity index (χ0n) is 18.6. The number of aromatic nitrogens is 2. The number of hydrogen-bond donors (Lipinski definition) is 2. The van der Waals surface area contributed by atoms with E-state index in [0.717, 1.165) is 22.8 Å². The first-order valence-electron chi connectivity index (χ1n) is 10.3. The van der Waals surface area contributed by atoms with Crippen molar-refractivity contribution in [1.82, 2.24) is 20.8 Å². The van der Waals surface area contributed by atoms with Gasteiger partial charge in [0.1, 0.15) is 19.0 Å². The molecule has 1 aromatic carbocycles. The molecule has 0 radical (unpaired) electrons. The molecule has 0 amide bonds. The highest BCUT2D eigenvalue weighted by atomic mass is 127. The summed E-state index contributed by atoms with van der Waals surface area (Å²) in [5, 5.41) is 10.5. The van der Waals surface area contributed by atoms with Crippen LogP contribution in [-0.2, 0) is 13.1 Å². The highest BCUT2D eigenvalue weighted by Crippen LogP contribution is 2.14. The lowest BCUT2D eigenvalue weighted by Gasteiger charge is -2.11. The molecule has 0 aliphatic carbocycles. The Kier molecular flexibility index (Phi) is 10.8. The normalized spacial score (nSPS) is 11.1. The molecule has 0 bridgehead atoms. The van der Waals surface area contributed by atoms with Gasteiger partial charge in [0.25, 0.3) is 0 Å². The predicted octanol–water partition coefficient (Wildman–Crippen LogP) is 4.13. The Morgan fingerprint density at radius 1 is 1.03 bits per heavy atom. The van der Waals surface area contributed by atoms with Crippen molar-refractivity contribution in [2.45, 2.75) is 32.9 Å². The standard InChI is InChI=1S/C23H29N5O3.HI/c1-17(2)21-13-20(31-28-21)16-27-23(24-3)26-15-18-9-10-22(25-14-18)30-12-11-29-19-7-5-4-6-8-19;/h4-10,13-14,17H,11-12,15-16H2,1-3H3,(H2,24,26,27);1H. The van der Waals surface area contributed by atoms with Gasteiger partial charge in [-0.05, 0) is 23.6 Å². The van der Waals surface area contributed by atoms with Gasteiger partial charge in [0.05, 0.1) is 12.2 Å². The first kappa shape index (κ1) is 25.4. The number of aliphatic imine (C=N–C) groups is 1. The molecular formula is C23H30IN5O3. The van der Waals surface area contributed by atoms with Crippen LogP contribution in [0.25, 0.3) is 0 Å². The first-order chi connectivity index (χ1) is 15.1. The monoisotopic (exact) mass is 551 g/mol. The van der Waals surface area contributed by atoms with Crippen molar-refractivity contribution in [2.75, 3.05) is 20.3 Å². The summed E-state index contributed by atoms with van der Waals surface area (Å²) in [7, 11) is 1.72. The summed E-state index contributed by atoms with van der Waals surface area (Å²) in [5.41, 5.74) is 1.96. The molecule has 0 aliphatic heterocycles. The largest absolute Gasteiger partial charge is 0.490 e. The molecular weight excluding hydrogens is 521 g/mol. The molecule has 0 saturated carbocycles. The van der Waals surface area contributed by atoms with E-state index < -0.39 is 0 Å². The molecule has 0 fully saturated rings. The summed E-state index contributed by atoms with van der Waals surface area (Å²) in [5.74, 6) is 3.16. The summed E-state index contributed by atoms with van der Waals surface area (Å²) in [6, 6.07) is 15.4. The molecule has 3 aromatic rings. The Labute approximate surface area is 205 Å². The van der Waals surface area contributed by atoms with E-state index >= 15 is 0 Å². The lowest BCUT2D eigenvalue weighted by atomic mass is 10.1. The van der Waals surface area contributed by atoms with Crippen molar-refractivity contribution < 1.29 is 14.0 Å². The number of benzene rings is 1. The van der Waals surface area contributed by atoms with Gasteiger partial charge in [-0.3, -0.25) is 4.99 Å². The quantitative estimate of drug-likeness (QED) is 0.169. The van der Waals surface area contributed by atoms with E-state index in [1.807, 2.05) is 48.5 Å². The smallest absolute Gasteiger partial charge is 0.213 e. The Morgan fingerprint density at radius 2 is 1.78 bits per heavy atom. The molecule has 172 valence electrons. The van der Waals surface area contributed by atoms with Crippen LogP contribution in [0.3, 0.4) is 0 Å². The van der Waals surface area contributed by atoms with Crippen LogP contribution in [-0.4, -0.2) is 36.4 Å². The third kappa shape index (κ3) is 8.37. The van der Waals surface area contributed by atoms with Gasteiger partial charge in [0.15, 0.2) is 11.7 Å². The van der Waals surface area contributed by atoms with Crippen molar-refractivity contribution in [1.29, 1.82) is 0 Å². The number of halogens is 1. The van der Waals surface area contributed by atoms with Crippen LogP contribution in [0.2, 0.25) is 0 Å². The number of ether oxygens (including phenoxy) is 2. The fourth-order valence-electron chi connectivity index (χ4n) is 2.68. The number of hydrogen-bond acceptors (Lipinski definition) is 6. The minimum absolute atomic E-state index is 0. The van der Waals surface area contributed by atoms with Gasteiger partial charge >= 0.3 is 0 Å². The fourth-order valence-corrected chi connectivity index (χ4v) is 2.68. The minimum Gasteiger partial charge on any atom is -0.490 e. The zero-order valence-corrected chi connectivity index (χ0v) is 20.9. The second kappa shape index (κ2) is 13.6. The second-order valence-corrected chi connectivity index (χ2v) is 7.17. The maximum atomic E-state index is 5.63.